The summed E-state index contributed by atoms with van der Waals surface area (Å²) in [6.45, 7) is 1.63. The van der Waals surface area contributed by atoms with Gasteiger partial charge in [0, 0.05) is 10.6 Å². The molecule has 0 fully saturated rings. The highest BCUT2D eigenvalue weighted by atomic mass is 35.5. The molecule has 0 radical (unpaired) electrons. The van der Waals surface area contributed by atoms with Crippen LogP contribution in [0.4, 0.5) is 5.69 Å². The monoisotopic (exact) mass is 203 g/mol. The van der Waals surface area contributed by atoms with Gasteiger partial charge in [0.25, 0.3) is 5.69 Å². The lowest BCUT2D eigenvalue weighted by Crippen LogP contribution is -1.92. The minimum Gasteiger partial charge on any atom is -0.258 e. The lowest BCUT2D eigenvalue weighted by atomic mass is 10.2. The molecule has 12 heavy (non-hydrogen) atoms. The minimum absolute atomic E-state index is 0.0164. The lowest BCUT2D eigenvalue weighted by Gasteiger charge is -2.00. The predicted octanol–water partition coefficient (Wildman–Crippen LogP) is 2.85. The van der Waals surface area contributed by atoms with Gasteiger partial charge in [0.1, 0.15) is 0 Å². The van der Waals surface area contributed by atoms with E-state index in [4.69, 9.17) is 11.6 Å². The molecule has 1 rings (SSSR count). The molecule has 0 aliphatic heterocycles. The third kappa shape index (κ3) is 1.70. The first-order chi connectivity index (χ1) is 5.52. The average Bonchev–Trinajstić information content (AvgIpc) is 1.82. The number of nitrogens with zero attached hydrogens (tertiary/aromatic N) is 1. The van der Waals surface area contributed by atoms with Crippen LogP contribution < -0.4 is 0 Å². The molecule has 0 aliphatic carbocycles. The number of hydrogen-bond donors (Lipinski definition) is 1. The van der Waals surface area contributed by atoms with E-state index in [0.717, 1.165) is 0 Å². The largest absolute Gasteiger partial charge is 0.285 e. The highest BCUT2D eigenvalue weighted by molar-refractivity contribution is 7.80. The number of hydrogen-bond acceptors (Lipinski definition) is 3. The van der Waals surface area contributed by atoms with Crippen molar-refractivity contribution in [1.82, 2.24) is 0 Å². The SMILES string of the molecule is Cc1cc(Cl)cc(S)c1[N+](=O)[O-]. The van der Waals surface area contributed by atoms with Gasteiger partial charge in [-0.25, -0.2) is 0 Å². The third-order valence-corrected chi connectivity index (χ3v) is 1.99. The van der Waals surface area contributed by atoms with Crippen LogP contribution in [0.2, 0.25) is 5.02 Å². The van der Waals surface area contributed by atoms with Crippen LogP contribution in [0.3, 0.4) is 0 Å². The zero-order chi connectivity index (χ0) is 9.30. The van der Waals surface area contributed by atoms with E-state index in [1.165, 1.54) is 6.07 Å². The Morgan fingerprint density at radius 2 is 2.17 bits per heavy atom. The number of aryl methyl sites for hydroxylation is 1. The Morgan fingerprint density at radius 1 is 1.58 bits per heavy atom. The number of thiol groups is 1. The molecular formula is C7H6ClNO2S. The fourth-order valence-corrected chi connectivity index (χ4v) is 1.70. The van der Waals surface area contributed by atoms with Crippen LogP contribution in [0.25, 0.3) is 0 Å². The molecule has 0 aromatic heterocycles. The Balaban J connectivity index is 3.38. The average molecular weight is 204 g/mol. The number of nitro groups is 1. The molecule has 64 valence electrons. The smallest absolute Gasteiger partial charge is 0.258 e. The highest BCUT2D eigenvalue weighted by Gasteiger charge is 2.15. The fraction of sp³-hybridized carbons (Fsp3) is 0.143. The summed E-state index contributed by atoms with van der Waals surface area (Å²) in [5.41, 5.74) is 0.542. The standard InChI is InChI=1S/C7H6ClNO2S/c1-4-2-5(8)3-6(12)7(4)9(10)11/h2-3,12H,1H3. The van der Waals surface area contributed by atoms with E-state index in [1.54, 1.807) is 13.0 Å². The summed E-state index contributed by atoms with van der Waals surface area (Å²) in [6.07, 6.45) is 0. The highest BCUT2D eigenvalue weighted by Crippen LogP contribution is 2.29. The lowest BCUT2D eigenvalue weighted by molar-refractivity contribution is -0.388. The van der Waals surface area contributed by atoms with Gasteiger partial charge in [0.15, 0.2) is 0 Å². The molecule has 1 aromatic rings. The van der Waals surface area contributed by atoms with Crippen LogP contribution in [0.1, 0.15) is 5.56 Å². The van der Waals surface area contributed by atoms with Gasteiger partial charge in [-0.3, -0.25) is 10.1 Å². The maximum Gasteiger partial charge on any atom is 0.285 e. The second-order valence-electron chi connectivity index (χ2n) is 2.35. The van der Waals surface area contributed by atoms with E-state index in [2.05, 4.69) is 12.6 Å². The maximum atomic E-state index is 10.5. The Morgan fingerprint density at radius 3 is 2.58 bits per heavy atom. The van der Waals surface area contributed by atoms with Crippen LogP contribution >= 0.6 is 24.2 Å². The van der Waals surface area contributed by atoms with Gasteiger partial charge in [-0.1, -0.05) is 11.6 Å². The number of rotatable bonds is 1. The van der Waals surface area contributed by atoms with Gasteiger partial charge in [0.2, 0.25) is 0 Å². The van der Waals surface area contributed by atoms with Crippen molar-refractivity contribution in [3.8, 4) is 0 Å². The summed E-state index contributed by atoms with van der Waals surface area (Å²) in [5.74, 6) is 0. The molecule has 0 N–H and O–H groups in total. The predicted molar refractivity (Wildman–Crippen MR) is 50.1 cm³/mol. The molecule has 3 nitrogen and oxygen atoms in total. The molecule has 0 bridgehead atoms. The van der Waals surface area contributed by atoms with Gasteiger partial charge >= 0.3 is 0 Å². The molecule has 0 amide bonds. The van der Waals surface area contributed by atoms with E-state index in [0.29, 0.717) is 15.5 Å². The first-order valence-corrected chi connectivity index (χ1v) is 3.98. The van der Waals surface area contributed by atoms with E-state index >= 15 is 0 Å². The Kier molecular flexibility index (Phi) is 2.59. The van der Waals surface area contributed by atoms with Gasteiger partial charge in [-0.15, -0.1) is 12.6 Å². The zero-order valence-corrected chi connectivity index (χ0v) is 7.89. The number of nitro benzene ring substituents is 1. The second-order valence-corrected chi connectivity index (χ2v) is 3.27. The van der Waals surface area contributed by atoms with Crippen molar-refractivity contribution in [2.45, 2.75) is 11.8 Å². The van der Waals surface area contributed by atoms with E-state index in [9.17, 15) is 10.1 Å². The first-order valence-electron chi connectivity index (χ1n) is 3.16. The number of halogens is 1. The molecule has 0 heterocycles. The fourth-order valence-electron chi connectivity index (χ4n) is 0.955. The quantitative estimate of drug-likeness (QED) is 0.433. The van der Waals surface area contributed by atoms with Crippen LogP contribution in [0.15, 0.2) is 17.0 Å². The third-order valence-electron chi connectivity index (χ3n) is 1.43. The minimum atomic E-state index is -0.464. The van der Waals surface area contributed by atoms with Crippen LogP contribution in [0, 0.1) is 17.0 Å². The van der Waals surface area contributed by atoms with Crippen molar-refractivity contribution in [1.29, 1.82) is 0 Å². The van der Waals surface area contributed by atoms with Gasteiger partial charge in [0.05, 0.1) is 9.82 Å². The topological polar surface area (TPSA) is 43.1 Å². The van der Waals surface area contributed by atoms with Crippen LogP contribution in [-0.2, 0) is 0 Å². The Labute approximate surface area is 79.9 Å². The van der Waals surface area contributed by atoms with Crippen molar-refractivity contribution in [3.05, 3.63) is 32.8 Å². The van der Waals surface area contributed by atoms with Gasteiger partial charge < -0.3 is 0 Å². The van der Waals surface area contributed by atoms with Crippen molar-refractivity contribution >= 4 is 29.9 Å². The first kappa shape index (κ1) is 9.35. The van der Waals surface area contributed by atoms with Crippen molar-refractivity contribution in [2.24, 2.45) is 0 Å². The van der Waals surface area contributed by atoms with Crippen LogP contribution in [0.5, 0.6) is 0 Å². The Bertz CT molecular complexity index is 317. The second kappa shape index (κ2) is 3.33. The van der Waals surface area contributed by atoms with Crippen molar-refractivity contribution in [3.63, 3.8) is 0 Å². The molecule has 5 heteroatoms. The zero-order valence-electron chi connectivity index (χ0n) is 6.24. The summed E-state index contributed by atoms with van der Waals surface area (Å²) in [6, 6.07) is 3.00. The maximum absolute atomic E-state index is 10.5. The Hall–Kier alpha value is -0.740. The van der Waals surface area contributed by atoms with E-state index in [1.807, 2.05) is 0 Å². The molecule has 0 atom stereocenters. The number of benzene rings is 1. The molecule has 0 unspecified atom stereocenters. The van der Waals surface area contributed by atoms with Gasteiger partial charge in [-0.2, -0.15) is 0 Å². The summed E-state index contributed by atoms with van der Waals surface area (Å²) in [7, 11) is 0. The van der Waals surface area contributed by atoms with Crippen molar-refractivity contribution in [2.75, 3.05) is 0 Å². The summed E-state index contributed by atoms with van der Waals surface area (Å²) < 4.78 is 0. The summed E-state index contributed by atoms with van der Waals surface area (Å²) in [4.78, 5) is 10.3. The molecule has 1 aromatic carbocycles. The summed E-state index contributed by atoms with van der Waals surface area (Å²) >= 11 is 9.61. The molecule has 0 aliphatic rings. The van der Waals surface area contributed by atoms with Crippen molar-refractivity contribution < 1.29 is 4.92 Å². The normalized spacial score (nSPS) is 9.92. The summed E-state index contributed by atoms with van der Waals surface area (Å²) in [5, 5.41) is 10.9. The molecule has 0 spiro atoms. The molecule has 0 saturated heterocycles. The molecular weight excluding hydrogens is 198 g/mol. The van der Waals surface area contributed by atoms with Gasteiger partial charge in [-0.05, 0) is 19.1 Å². The van der Waals surface area contributed by atoms with E-state index < -0.39 is 4.92 Å². The van der Waals surface area contributed by atoms with Crippen LogP contribution in [-0.4, -0.2) is 4.92 Å². The van der Waals surface area contributed by atoms with E-state index in [-0.39, 0.29) is 5.69 Å². The molecule has 0 saturated carbocycles.